The minimum atomic E-state index is -1.12. The summed E-state index contributed by atoms with van der Waals surface area (Å²) in [6, 6.07) is 8.05. The van der Waals surface area contributed by atoms with Gasteiger partial charge in [-0.3, -0.25) is 4.68 Å². The molecule has 0 radical (unpaired) electrons. The summed E-state index contributed by atoms with van der Waals surface area (Å²) in [5.41, 5.74) is 2.94. The third-order valence-electron chi connectivity index (χ3n) is 5.43. The maximum Gasteiger partial charge on any atom is 0.145 e. The van der Waals surface area contributed by atoms with Crippen molar-refractivity contribution in [3.63, 3.8) is 0 Å². The van der Waals surface area contributed by atoms with Crippen LogP contribution in [0.1, 0.15) is 28.9 Å². The highest BCUT2D eigenvalue weighted by Crippen LogP contribution is 2.78. The number of hydrogen-bond acceptors (Lipinski definition) is 4. The van der Waals surface area contributed by atoms with Gasteiger partial charge < -0.3 is 4.74 Å². The van der Waals surface area contributed by atoms with E-state index in [-0.39, 0.29) is 10.00 Å². The second kappa shape index (κ2) is 4.94. The van der Waals surface area contributed by atoms with Gasteiger partial charge in [-0.25, -0.2) is 4.39 Å². The quantitative estimate of drug-likeness (QED) is 0.822. The van der Waals surface area contributed by atoms with Crippen LogP contribution in [-0.2, 0) is 16.3 Å². The van der Waals surface area contributed by atoms with Gasteiger partial charge in [0.2, 0.25) is 0 Å². The summed E-state index contributed by atoms with van der Waals surface area (Å²) >= 11 is 3.86. The van der Waals surface area contributed by atoms with E-state index in [1.165, 1.54) is 0 Å². The van der Waals surface area contributed by atoms with Gasteiger partial charge in [0.1, 0.15) is 15.5 Å². The smallest absolute Gasteiger partial charge is 0.145 e. The normalized spacial score (nSPS) is 28.9. The van der Waals surface area contributed by atoms with E-state index in [0.29, 0.717) is 13.0 Å². The average molecular weight is 362 g/mol. The van der Waals surface area contributed by atoms with Gasteiger partial charge >= 0.3 is 0 Å². The largest absolute Gasteiger partial charge is 0.497 e. The van der Waals surface area contributed by atoms with Crippen molar-refractivity contribution in [3.05, 3.63) is 46.8 Å². The Hall–Kier alpha value is -1.14. The zero-order valence-corrected chi connectivity index (χ0v) is 15.3. The lowest BCUT2D eigenvalue weighted by Crippen LogP contribution is -2.21. The molecular formula is C18H19FN2OS2. The van der Waals surface area contributed by atoms with Crippen LogP contribution in [0.2, 0.25) is 0 Å². The molecule has 1 saturated heterocycles. The lowest BCUT2D eigenvalue weighted by Gasteiger charge is -2.25. The SMILES string of the molecule is COc1ccc(Cn2nc(C)c3c2C2(SCCS2)C2CC32F)cc1. The topological polar surface area (TPSA) is 27.1 Å². The molecule has 1 aromatic carbocycles. The molecule has 6 heteroatoms. The zero-order valence-electron chi connectivity index (χ0n) is 13.7. The van der Waals surface area contributed by atoms with Crippen molar-refractivity contribution in [2.75, 3.05) is 18.6 Å². The first-order valence-electron chi connectivity index (χ1n) is 8.26. The molecule has 2 aliphatic carbocycles. The van der Waals surface area contributed by atoms with Gasteiger partial charge in [0.25, 0.3) is 0 Å². The fraction of sp³-hybridized carbons (Fsp3) is 0.500. The molecule has 1 aromatic heterocycles. The molecule has 2 aromatic rings. The molecule has 0 bridgehead atoms. The predicted molar refractivity (Wildman–Crippen MR) is 96.5 cm³/mol. The Balaban J connectivity index is 1.58. The molecule has 1 aliphatic heterocycles. The Bertz CT molecular complexity index is 813. The van der Waals surface area contributed by atoms with Crippen LogP contribution in [0.3, 0.4) is 0 Å². The van der Waals surface area contributed by atoms with Crippen molar-refractivity contribution in [2.24, 2.45) is 5.92 Å². The fourth-order valence-corrected chi connectivity index (χ4v) is 8.07. The lowest BCUT2D eigenvalue weighted by atomic mass is 10.1. The molecule has 0 amide bonds. The maximum absolute atomic E-state index is 15.4. The number of nitrogens with zero attached hydrogens (tertiary/aromatic N) is 2. The van der Waals surface area contributed by atoms with Gasteiger partial charge in [0.05, 0.1) is 25.0 Å². The highest BCUT2D eigenvalue weighted by atomic mass is 32.2. The van der Waals surface area contributed by atoms with Crippen molar-refractivity contribution < 1.29 is 9.13 Å². The molecule has 3 nitrogen and oxygen atoms in total. The summed E-state index contributed by atoms with van der Waals surface area (Å²) in [4.78, 5) is 0. The van der Waals surface area contributed by atoms with Crippen LogP contribution in [0.5, 0.6) is 5.75 Å². The first-order chi connectivity index (χ1) is 11.6. The van der Waals surface area contributed by atoms with Gasteiger partial charge in [-0.1, -0.05) is 12.1 Å². The van der Waals surface area contributed by atoms with Crippen molar-refractivity contribution in [1.82, 2.24) is 9.78 Å². The minimum absolute atomic E-state index is 0.113. The Morgan fingerprint density at radius 1 is 1.29 bits per heavy atom. The molecule has 2 heterocycles. The number of halogens is 1. The summed E-state index contributed by atoms with van der Waals surface area (Å²) in [6.07, 6.45) is 0.676. The monoisotopic (exact) mass is 362 g/mol. The number of benzene rings is 1. The van der Waals surface area contributed by atoms with Crippen LogP contribution < -0.4 is 4.74 Å². The van der Waals surface area contributed by atoms with Crippen LogP contribution >= 0.6 is 23.5 Å². The molecule has 2 atom stereocenters. The lowest BCUT2D eigenvalue weighted by molar-refractivity contribution is 0.297. The number of aromatic nitrogens is 2. The minimum Gasteiger partial charge on any atom is -0.497 e. The van der Waals surface area contributed by atoms with Crippen LogP contribution in [0, 0.1) is 12.8 Å². The average Bonchev–Trinajstić information content (AvgIpc) is 2.91. The number of ether oxygens (including phenoxy) is 1. The van der Waals surface area contributed by atoms with E-state index in [1.54, 1.807) is 7.11 Å². The summed E-state index contributed by atoms with van der Waals surface area (Å²) < 4.78 is 22.6. The van der Waals surface area contributed by atoms with Gasteiger partial charge in [-0.15, -0.1) is 23.5 Å². The van der Waals surface area contributed by atoms with E-state index in [9.17, 15) is 0 Å². The van der Waals surface area contributed by atoms with Crippen LogP contribution in [0.4, 0.5) is 4.39 Å². The molecule has 0 N–H and O–H groups in total. The van der Waals surface area contributed by atoms with Gasteiger partial charge in [-0.2, -0.15) is 5.10 Å². The molecule has 126 valence electrons. The third-order valence-corrected chi connectivity index (χ3v) is 9.03. The molecule has 1 spiro atoms. The van der Waals surface area contributed by atoms with Crippen molar-refractivity contribution in [1.29, 1.82) is 0 Å². The van der Waals surface area contributed by atoms with Crippen LogP contribution in [0.25, 0.3) is 0 Å². The highest BCUT2D eigenvalue weighted by Gasteiger charge is 2.76. The summed E-state index contributed by atoms with van der Waals surface area (Å²) in [6.45, 7) is 2.65. The van der Waals surface area contributed by atoms with Crippen molar-refractivity contribution >= 4 is 23.5 Å². The fourth-order valence-electron chi connectivity index (χ4n) is 4.33. The molecule has 24 heavy (non-hydrogen) atoms. The first-order valence-corrected chi connectivity index (χ1v) is 10.2. The molecule has 2 fully saturated rings. The number of aryl methyl sites for hydroxylation is 1. The van der Waals surface area contributed by atoms with E-state index in [2.05, 4.69) is 16.8 Å². The predicted octanol–water partition coefficient (Wildman–Crippen LogP) is 4.08. The van der Waals surface area contributed by atoms with Crippen molar-refractivity contribution in [3.8, 4) is 5.75 Å². The zero-order chi connectivity index (χ0) is 16.5. The maximum atomic E-state index is 15.4. The number of fused-ring (bicyclic) bond motifs is 5. The van der Waals surface area contributed by atoms with Gasteiger partial charge in [0.15, 0.2) is 0 Å². The van der Waals surface area contributed by atoms with Gasteiger partial charge in [-0.05, 0) is 31.0 Å². The van der Waals surface area contributed by atoms with E-state index < -0.39 is 5.67 Å². The second-order valence-corrected chi connectivity index (χ2v) is 9.74. The van der Waals surface area contributed by atoms with Crippen LogP contribution in [0.15, 0.2) is 24.3 Å². The summed E-state index contributed by atoms with van der Waals surface area (Å²) in [5, 5.41) is 4.73. The summed E-state index contributed by atoms with van der Waals surface area (Å²) in [7, 11) is 1.67. The standard InChI is InChI=1S/C18H19FN2OS2/c1-11-15-16(18(23-7-8-24-18)14-9-17(14,15)19)21(20-11)10-12-3-5-13(22-2)6-4-12/h3-6,14H,7-10H2,1-2H3. The Labute approximate surface area is 149 Å². The van der Waals surface area contributed by atoms with E-state index >= 15 is 4.39 Å². The molecule has 3 aliphatic rings. The van der Waals surface area contributed by atoms with E-state index in [1.807, 2.05) is 42.6 Å². The Kier molecular flexibility index (Phi) is 3.12. The molecule has 2 unspecified atom stereocenters. The molecular weight excluding hydrogens is 343 g/mol. The van der Waals surface area contributed by atoms with E-state index in [0.717, 1.165) is 39.8 Å². The first kappa shape index (κ1) is 15.1. The third kappa shape index (κ3) is 1.84. The second-order valence-electron chi connectivity index (χ2n) is 6.80. The van der Waals surface area contributed by atoms with E-state index in [4.69, 9.17) is 9.84 Å². The van der Waals surface area contributed by atoms with Gasteiger partial charge in [0, 0.05) is 23.0 Å². The van der Waals surface area contributed by atoms with Crippen molar-refractivity contribution in [2.45, 2.75) is 29.6 Å². The highest BCUT2D eigenvalue weighted by molar-refractivity contribution is 8.20. The number of hydrogen-bond donors (Lipinski definition) is 0. The number of methoxy groups -OCH3 is 1. The Morgan fingerprint density at radius 3 is 2.67 bits per heavy atom. The molecule has 5 rings (SSSR count). The number of thioether (sulfide) groups is 2. The van der Waals surface area contributed by atoms with Crippen LogP contribution in [-0.4, -0.2) is 28.4 Å². The number of rotatable bonds is 3. The summed E-state index contributed by atoms with van der Waals surface area (Å²) in [5.74, 6) is 3.19. The molecule has 1 saturated carbocycles. The Morgan fingerprint density at radius 2 is 2.00 bits per heavy atom. The number of alkyl halides is 1.